The molecule has 408 valence electrons. The van der Waals surface area contributed by atoms with Crippen LogP contribution in [0, 0.1) is 0 Å². The quantitative estimate of drug-likeness (QED) is 0.0262. The van der Waals surface area contributed by atoms with Crippen molar-refractivity contribution in [3.63, 3.8) is 0 Å². The standard InChI is InChI=1S/C28H32BNO5.C22H27NO4.C7H6O3.C4H8O/c1-3-5-15-30(16-6-4-2)20-12-14-24-26(18-20)35-25-17-19(29(33)34)11-13-23(25)27(24)21-9-7-8-10-22(21)28(31)32;1-3-5-13-23(14-6-4-2)16-11-12-19(20(24)15-16)21(25)17-9-7-8-10-18(17)22(26)27;8-6-3-1-2-5(4-6)7(9)10;1-2-4-5-3-1/h7-14,17-18,27,33-34H,3-6,15-16H2,1-2H3,(H,31,32);7-12,15,24H,3-6,13-14H2,1-2H3,(H,26,27);1-4,8H,(H,9,10);1-4H2. The second-order valence-electron chi connectivity index (χ2n) is 18.8. The van der Waals surface area contributed by atoms with Crippen LogP contribution in [-0.4, -0.2) is 106 Å². The van der Waals surface area contributed by atoms with Gasteiger partial charge in [-0.05, 0) is 104 Å². The van der Waals surface area contributed by atoms with Crippen LogP contribution in [-0.2, 0) is 4.74 Å². The minimum Gasteiger partial charge on any atom is -0.508 e. The third kappa shape index (κ3) is 17.2. The smallest absolute Gasteiger partial charge is 0.488 e. The van der Waals surface area contributed by atoms with Crippen LogP contribution in [0.25, 0.3) is 0 Å². The van der Waals surface area contributed by atoms with Crippen molar-refractivity contribution in [3.05, 3.63) is 172 Å². The van der Waals surface area contributed by atoms with E-state index in [9.17, 15) is 44.5 Å². The molecule has 0 spiro atoms. The molecule has 1 fully saturated rings. The lowest BCUT2D eigenvalue weighted by molar-refractivity contribution is 0.0684. The Bertz CT molecular complexity index is 2860. The number of carboxylic acid groups (broad SMARTS) is 3. The number of ketones is 1. The largest absolute Gasteiger partial charge is 0.508 e. The number of phenolic OH excluding ortho intramolecular Hbond substituents is 2. The first-order valence-corrected chi connectivity index (χ1v) is 26.6. The minimum absolute atomic E-state index is 0.0279. The van der Waals surface area contributed by atoms with Crippen LogP contribution in [0.15, 0.2) is 127 Å². The highest BCUT2D eigenvalue weighted by Gasteiger charge is 2.33. The van der Waals surface area contributed by atoms with E-state index in [0.717, 1.165) is 113 Å². The molecule has 1 unspecified atom stereocenters. The van der Waals surface area contributed by atoms with Gasteiger partial charge in [-0.1, -0.05) is 114 Å². The lowest BCUT2D eigenvalue weighted by atomic mass is 9.76. The molecule has 2 aliphatic rings. The normalized spacial score (nSPS) is 12.8. The van der Waals surface area contributed by atoms with Gasteiger partial charge in [-0.3, -0.25) is 4.79 Å². The molecule has 8 rings (SSSR count). The van der Waals surface area contributed by atoms with Gasteiger partial charge in [0.1, 0.15) is 23.0 Å². The summed E-state index contributed by atoms with van der Waals surface area (Å²) < 4.78 is 11.3. The number of aromatic hydroxyl groups is 2. The van der Waals surface area contributed by atoms with Crippen molar-refractivity contribution in [2.24, 2.45) is 0 Å². The number of phenols is 2. The molecular formula is C61H73BN2O13. The topological polar surface area (TPSA) is 235 Å². The van der Waals surface area contributed by atoms with Crippen molar-refractivity contribution in [2.45, 2.75) is 97.8 Å². The van der Waals surface area contributed by atoms with E-state index in [0.29, 0.717) is 22.5 Å². The summed E-state index contributed by atoms with van der Waals surface area (Å²) in [5.41, 5.74) is 5.05. The number of hydrogen-bond donors (Lipinski definition) is 7. The Morgan fingerprint density at radius 3 is 1.51 bits per heavy atom. The van der Waals surface area contributed by atoms with E-state index in [-0.39, 0.29) is 45.2 Å². The molecule has 6 aromatic rings. The van der Waals surface area contributed by atoms with Crippen LogP contribution in [0.5, 0.6) is 23.0 Å². The number of carboxylic acids is 3. The number of anilines is 2. The van der Waals surface area contributed by atoms with Crippen molar-refractivity contribution in [1.82, 2.24) is 0 Å². The summed E-state index contributed by atoms with van der Waals surface area (Å²) in [5.74, 6) is -3.04. The summed E-state index contributed by atoms with van der Waals surface area (Å²) in [6.45, 7) is 14.3. The van der Waals surface area contributed by atoms with E-state index < -0.39 is 30.8 Å². The predicted octanol–water partition coefficient (Wildman–Crippen LogP) is 11.4. The maximum Gasteiger partial charge on any atom is 0.488 e. The van der Waals surface area contributed by atoms with E-state index in [1.54, 1.807) is 54.6 Å². The lowest BCUT2D eigenvalue weighted by Crippen LogP contribution is -2.30. The monoisotopic (exact) mass is 1050 g/mol. The Hall–Kier alpha value is -7.66. The third-order valence-electron chi connectivity index (χ3n) is 13.1. The van der Waals surface area contributed by atoms with Crippen molar-refractivity contribution in [3.8, 4) is 23.0 Å². The molecule has 1 saturated heterocycles. The number of fused-ring (bicyclic) bond motifs is 2. The van der Waals surface area contributed by atoms with Gasteiger partial charge in [0.05, 0.1) is 22.3 Å². The molecule has 0 bridgehead atoms. The molecule has 0 aliphatic carbocycles. The molecule has 77 heavy (non-hydrogen) atoms. The Morgan fingerprint density at radius 2 is 1.03 bits per heavy atom. The first kappa shape index (κ1) is 60.2. The number of aromatic carboxylic acids is 3. The molecule has 6 aromatic carbocycles. The van der Waals surface area contributed by atoms with Gasteiger partial charge in [0.25, 0.3) is 0 Å². The third-order valence-corrected chi connectivity index (χ3v) is 13.1. The molecule has 15 nitrogen and oxygen atoms in total. The molecule has 0 amide bonds. The Balaban J connectivity index is 0.000000227. The number of benzene rings is 6. The zero-order chi connectivity index (χ0) is 55.9. The second-order valence-corrected chi connectivity index (χ2v) is 18.8. The van der Waals surface area contributed by atoms with Gasteiger partial charge < -0.3 is 54.9 Å². The molecule has 0 saturated carbocycles. The van der Waals surface area contributed by atoms with E-state index in [1.807, 2.05) is 30.3 Å². The molecule has 1 atom stereocenters. The molecule has 0 radical (unpaired) electrons. The van der Waals surface area contributed by atoms with Crippen molar-refractivity contribution in [2.75, 3.05) is 49.2 Å². The van der Waals surface area contributed by atoms with Gasteiger partial charge >= 0.3 is 25.0 Å². The van der Waals surface area contributed by atoms with E-state index >= 15 is 0 Å². The summed E-state index contributed by atoms with van der Waals surface area (Å²) in [4.78, 5) is 51.0. The van der Waals surface area contributed by atoms with Crippen LogP contribution in [0.2, 0.25) is 0 Å². The Kier molecular flexibility index (Phi) is 24.1. The summed E-state index contributed by atoms with van der Waals surface area (Å²) in [5, 5.41) is 66.3. The number of rotatable bonds is 21. The van der Waals surface area contributed by atoms with Gasteiger partial charge in [0, 0.05) is 85.5 Å². The Labute approximate surface area is 452 Å². The van der Waals surface area contributed by atoms with Gasteiger partial charge in [-0.15, -0.1) is 0 Å². The van der Waals surface area contributed by atoms with E-state index in [4.69, 9.17) is 19.7 Å². The maximum absolute atomic E-state index is 12.8. The van der Waals surface area contributed by atoms with Crippen LogP contribution in [0.3, 0.4) is 0 Å². The highest BCUT2D eigenvalue weighted by Crippen LogP contribution is 2.49. The fourth-order valence-corrected chi connectivity index (χ4v) is 8.86. The van der Waals surface area contributed by atoms with Crippen LogP contribution in [0.1, 0.15) is 162 Å². The molecule has 2 aliphatic heterocycles. The fraction of sp³-hybridized carbons (Fsp3) is 0.344. The number of nitrogens with zero attached hydrogens (tertiary/aromatic N) is 2. The zero-order valence-corrected chi connectivity index (χ0v) is 44.6. The van der Waals surface area contributed by atoms with Crippen molar-refractivity contribution >= 4 is 47.6 Å². The average Bonchev–Trinajstić information content (AvgIpc) is 4.04. The molecule has 0 aromatic heterocycles. The van der Waals surface area contributed by atoms with Crippen molar-refractivity contribution in [1.29, 1.82) is 0 Å². The average molecular weight is 1050 g/mol. The SMILES string of the molecule is C1CCOC1.CCCCN(CCCC)c1ccc(C(=O)c2ccccc2C(=O)O)c(O)c1.CCCCN(CCCC)c1ccc2c(c1)Oc1cc(B(O)O)ccc1C2c1ccccc1C(=O)O.O=C(O)c1cccc(O)c1. The molecule has 2 heterocycles. The van der Waals surface area contributed by atoms with Crippen LogP contribution in [0.4, 0.5) is 11.4 Å². The minimum atomic E-state index is -1.63. The molecular weight excluding hydrogens is 979 g/mol. The van der Waals surface area contributed by atoms with Crippen LogP contribution >= 0.6 is 0 Å². The maximum atomic E-state index is 12.8. The number of carbonyl (C=O) groups excluding carboxylic acids is 1. The summed E-state index contributed by atoms with van der Waals surface area (Å²) in [6, 6.07) is 34.8. The van der Waals surface area contributed by atoms with Crippen molar-refractivity contribution < 1.29 is 64.2 Å². The highest BCUT2D eigenvalue weighted by atomic mass is 16.5. The number of carbonyl (C=O) groups is 4. The summed E-state index contributed by atoms with van der Waals surface area (Å²) >= 11 is 0. The highest BCUT2D eigenvalue weighted by molar-refractivity contribution is 6.58. The Morgan fingerprint density at radius 1 is 0.519 bits per heavy atom. The molecule has 16 heteroatoms. The fourth-order valence-electron chi connectivity index (χ4n) is 8.86. The predicted molar refractivity (Wildman–Crippen MR) is 301 cm³/mol. The van der Waals surface area contributed by atoms with E-state index in [2.05, 4.69) is 43.6 Å². The lowest BCUT2D eigenvalue weighted by Gasteiger charge is -2.32. The summed E-state index contributed by atoms with van der Waals surface area (Å²) in [7, 11) is -1.63. The summed E-state index contributed by atoms with van der Waals surface area (Å²) in [6.07, 6.45) is 11.2. The van der Waals surface area contributed by atoms with Gasteiger partial charge in [-0.25, -0.2) is 14.4 Å². The van der Waals surface area contributed by atoms with Gasteiger partial charge in [0.15, 0.2) is 5.78 Å². The van der Waals surface area contributed by atoms with Gasteiger partial charge in [-0.2, -0.15) is 0 Å². The number of ether oxygens (including phenoxy) is 2. The second kappa shape index (κ2) is 30.8. The molecule has 7 N–H and O–H groups in total. The van der Waals surface area contributed by atoms with E-state index in [1.165, 1.54) is 49.2 Å². The van der Waals surface area contributed by atoms with Crippen LogP contribution < -0.4 is 20.0 Å². The zero-order valence-electron chi connectivity index (χ0n) is 44.6. The number of hydrogen-bond acceptors (Lipinski definition) is 12. The number of unbranched alkanes of at least 4 members (excludes halogenated alkanes) is 4. The first-order chi connectivity index (χ1) is 37.1. The van der Waals surface area contributed by atoms with Gasteiger partial charge in [0.2, 0.25) is 0 Å². The first-order valence-electron chi connectivity index (χ1n) is 26.6.